The number of carboxylic acids is 1. The molecule has 0 heterocycles. The Morgan fingerprint density at radius 2 is 0.800 bits per heavy atom. The van der Waals surface area contributed by atoms with E-state index >= 15 is 0 Å². The summed E-state index contributed by atoms with van der Waals surface area (Å²) < 4.78 is 0. The van der Waals surface area contributed by atoms with E-state index in [1.165, 1.54) is 32.6 Å². The van der Waals surface area contributed by atoms with Crippen molar-refractivity contribution in [2.45, 2.75) is 46.5 Å². The maximum atomic E-state index is 9.60. The second kappa shape index (κ2) is 24.2. The standard InChI is InChI=1S/C6H14.2C5H12O4.C4H6O2/c1-3-5-6-4-2;2*6-1-5(2-7,3-8)4-9;1-3(2)4(5)6/h3-6H2,1-2H3;2*6-9H,1-4H2;1H2,2H3,(H,5,6). The van der Waals surface area contributed by atoms with Gasteiger partial charge in [0.2, 0.25) is 0 Å². The van der Waals surface area contributed by atoms with Gasteiger partial charge in [-0.2, -0.15) is 0 Å². The molecule has 0 aromatic rings. The van der Waals surface area contributed by atoms with Gasteiger partial charge in [-0.05, 0) is 6.92 Å². The first-order valence-electron chi connectivity index (χ1n) is 9.80. The van der Waals surface area contributed by atoms with E-state index < -0.39 is 69.7 Å². The molecule has 0 amide bonds. The number of carbonyl (C=O) groups is 1. The number of aliphatic hydroxyl groups excluding tert-OH is 8. The second-order valence-corrected chi connectivity index (χ2v) is 7.06. The summed E-state index contributed by atoms with van der Waals surface area (Å²) in [5.74, 6) is -0.935. The van der Waals surface area contributed by atoms with Crippen molar-refractivity contribution < 1.29 is 50.8 Å². The summed E-state index contributed by atoms with van der Waals surface area (Å²) in [6, 6.07) is 0. The Morgan fingerprint density at radius 3 is 0.833 bits per heavy atom. The van der Waals surface area contributed by atoms with Gasteiger partial charge in [0.25, 0.3) is 0 Å². The topological polar surface area (TPSA) is 199 Å². The van der Waals surface area contributed by atoms with Crippen LogP contribution in [0.15, 0.2) is 12.2 Å². The summed E-state index contributed by atoms with van der Waals surface area (Å²) in [5, 5.41) is 75.9. The molecule has 0 aromatic heterocycles. The molecule has 0 saturated carbocycles. The first-order chi connectivity index (χ1) is 14.0. The third-order valence-corrected chi connectivity index (χ3v) is 4.01. The van der Waals surface area contributed by atoms with Gasteiger partial charge in [0.05, 0.1) is 63.7 Å². The Morgan fingerprint density at radius 1 is 0.633 bits per heavy atom. The summed E-state index contributed by atoms with van der Waals surface area (Å²) in [6.07, 6.45) is 5.54. The highest BCUT2D eigenvalue weighted by molar-refractivity contribution is 5.84. The van der Waals surface area contributed by atoms with Crippen molar-refractivity contribution >= 4 is 5.97 Å². The zero-order valence-electron chi connectivity index (χ0n) is 18.6. The normalized spacial score (nSPS) is 10.5. The Labute approximate surface area is 179 Å². The van der Waals surface area contributed by atoms with Crippen LogP contribution in [0.25, 0.3) is 0 Å². The van der Waals surface area contributed by atoms with Crippen LogP contribution in [0.1, 0.15) is 46.5 Å². The van der Waals surface area contributed by atoms with Gasteiger partial charge in [0.1, 0.15) is 0 Å². The van der Waals surface area contributed by atoms with Crippen LogP contribution in [0.2, 0.25) is 0 Å². The third-order valence-electron chi connectivity index (χ3n) is 4.01. The zero-order chi connectivity index (χ0) is 24.6. The molecule has 0 spiro atoms. The first-order valence-corrected chi connectivity index (χ1v) is 9.80. The maximum absolute atomic E-state index is 9.60. The van der Waals surface area contributed by atoms with Gasteiger partial charge < -0.3 is 46.0 Å². The number of hydrogen-bond acceptors (Lipinski definition) is 9. The van der Waals surface area contributed by atoms with Crippen molar-refractivity contribution in [1.29, 1.82) is 0 Å². The van der Waals surface area contributed by atoms with Crippen LogP contribution in [0.4, 0.5) is 0 Å². The Bertz CT molecular complexity index is 309. The molecule has 10 nitrogen and oxygen atoms in total. The molecule has 0 rings (SSSR count). The predicted molar refractivity (Wildman–Crippen MR) is 114 cm³/mol. The van der Waals surface area contributed by atoms with Crippen molar-refractivity contribution in [2.24, 2.45) is 10.8 Å². The summed E-state index contributed by atoms with van der Waals surface area (Å²) in [6.45, 7) is 5.82. The molecule has 10 heteroatoms. The van der Waals surface area contributed by atoms with Crippen LogP contribution in [0, 0.1) is 10.8 Å². The fraction of sp³-hybridized carbons (Fsp3) is 0.850. The molecule has 0 aliphatic carbocycles. The first kappa shape index (κ1) is 36.3. The zero-order valence-corrected chi connectivity index (χ0v) is 18.6. The van der Waals surface area contributed by atoms with E-state index in [-0.39, 0.29) is 5.57 Å². The number of carboxylic acid groups (broad SMARTS) is 1. The highest BCUT2D eigenvalue weighted by atomic mass is 16.4. The molecule has 0 bridgehead atoms. The van der Waals surface area contributed by atoms with Crippen molar-refractivity contribution in [2.75, 3.05) is 52.9 Å². The summed E-state index contributed by atoms with van der Waals surface area (Å²) in [4.78, 5) is 9.60. The largest absolute Gasteiger partial charge is 0.478 e. The molecular formula is C20H44O10. The highest BCUT2D eigenvalue weighted by Crippen LogP contribution is 2.12. The van der Waals surface area contributed by atoms with Crippen LogP contribution in [0.3, 0.4) is 0 Å². The Balaban J connectivity index is -0.000000153. The number of unbranched alkanes of at least 4 members (excludes halogenated alkanes) is 3. The van der Waals surface area contributed by atoms with E-state index in [0.717, 1.165) is 0 Å². The van der Waals surface area contributed by atoms with Crippen molar-refractivity contribution in [1.82, 2.24) is 0 Å². The molecule has 0 aliphatic heterocycles. The van der Waals surface area contributed by atoms with Gasteiger partial charge in [-0.25, -0.2) is 4.79 Å². The molecule has 0 radical (unpaired) electrons. The lowest BCUT2D eigenvalue weighted by Crippen LogP contribution is -2.37. The van der Waals surface area contributed by atoms with Crippen molar-refractivity contribution in [3.8, 4) is 0 Å². The van der Waals surface area contributed by atoms with E-state index in [9.17, 15) is 4.79 Å². The van der Waals surface area contributed by atoms with Gasteiger partial charge in [-0.1, -0.05) is 46.1 Å². The number of aliphatic carboxylic acids is 1. The van der Waals surface area contributed by atoms with E-state index in [2.05, 4.69) is 20.4 Å². The molecule has 184 valence electrons. The summed E-state index contributed by atoms with van der Waals surface area (Å²) in [7, 11) is 0. The van der Waals surface area contributed by atoms with Crippen molar-refractivity contribution in [3.05, 3.63) is 12.2 Å². The predicted octanol–water partition coefficient (Wildman–Crippen LogP) is -0.882. The molecule has 0 aromatic carbocycles. The second-order valence-electron chi connectivity index (χ2n) is 7.06. The quantitative estimate of drug-likeness (QED) is 0.134. The van der Waals surface area contributed by atoms with Crippen molar-refractivity contribution in [3.63, 3.8) is 0 Å². The van der Waals surface area contributed by atoms with E-state index in [0.29, 0.717) is 0 Å². The van der Waals surface area contributed by atoms with Gasteiger partial charge in [0.15, 0.2) is 0 Å². The third kappa shape index (κ3) is 20.2. The molecule has 0 atom stereocenters. The molecule has 9 N–H and O–H groups in total. The van der Waals surface area contributed by atoms with Crippen LogP contribution >= 0.6 is 0 Å². The van der Waals surface area contributed by atoms with E-state index in [1.807, 2.05) is 0 Å². The number of hydrogen-bond donors (Lipinski definition) is 9. The highest BCUT2D eigenvalue weighted by Gasteiger charge is 2.27. The smallest absolute Gasteiger partial charge is 0.330 e. The Hall–Kier alpha value is -1.11. The van der Waals surface area contributed by atoms with Gasteiger partial charge >= 0.3 is 5.97 Å². The lowest BCUT2D eigenvalue weighted by Gasteiger charge is -2.23. The minimum Gasteiger partial charge on any atom is -0.478 e. The average molecular weight is 445 g/mol. The van der Waals surface area contributed by atoms with Crippen LogP contribution in [-0.4, -0.2) is 105 Å². The molecule has 0 fully saturated rings. The monoisotopic (exact) mass is 444 g/mol. The number of aliphatic hydroxyl groups is 8. The average Bonchev–Trinajstić information content (AvgIpc) is 2.77. The molecule has 0 aliphatic rings. The van der Waals surface area contributed by atoms with Gasteiger partial charge in [-0.15, -0.1) is 0 Å². The van der Waals surface area contributed by atoms with Gasteiger partial charge in [0, 0.05) is 5.57 Å². The molecule has 0 unspecified atom stereocenters. The van der Waals surface area contributed by atoms with Crippen LogP contribution < -0.4 is 0 Å². The number of rotatable bonds is 12. The van der Waals surface area contributed by atoms with Gasteiger partial charge in [-0.3, -0.25) is 0 Å². The fourth-order valence-electron chi connectivity index (χ4n) is 1.10. The minimum absolute atomic E-state index is 0.176. The van der Waals surface area contributed by atoms with Crippen LogP contribution in [0.5, 0.6) is 0 Å². The fourth-order valence-corrected chi connectivity index (χ4v) is 1.10. The molecular weight excluding hydrogens is 400 g/mol. The maximum Gasteiger partial charge on any atom is 0.330 e. The minimum atomic E-state index is -1.11. The lowest BCUT2D eigenvalue weighted by molar-refractivity contribution is -0.132. The SMILES string of the molecule is C=C(C)C(=O)O.CCCCCC.OCC(CO)(CO)CO.OCC(CO)(CO)CO. The Kier molecular flexibility index (Phi) is 29.2. The van der Waals surface area contributed by atoms with E-state index in [4.69, 9.17) is 46.0 Å². The lowest BCUT2D eigenvalue weighted by atomic mass is 9.93. The summed E-state index contributed by atoms with van der Waals surface area (Å²) in [5.41, 5.74) is -2.05. The molecule has 0 saturated heterocycles. The van der Waals surface area contributed by atoms with E-state index in [1.54, 1.807) is 0 Å². The summed E-state index contributed by atoms with van der Waals surface area (Å²) >= 11 is 0. The van der Waals surface area contributed by atoms with Crippen LogP contribution in [-0.2, 0) is 4.79 Å². The molecule has 30 heavy (non-hydrogen) atoms.